The molecule has 0 amide bonds. The van der Waals surface area contributed by atoms with E-state index in [1.54, 1.807) is 0 Å². The molecule has 12 N–H and O–H groups in total. The Morgan fingerprint density at radius 2 is 1.28 bits per heavy atom. The molecule has 0 aromatic carbocycles. The fraction of sp³-hybridized carbons (Fsp3) is 0.957. The molecule has 18 nitrogen and oxygen atoms in total. The lowest BCUT2D eigenvalue weighted by Crippen LogP contribution is -2.69. The smallest absolute Gasteiger partial charge is 0.187 e. The van der Waals surface area contributed by atoms with Crippen molar-refractivity contribution in [2.75, 3.05) is 19.8 Å². The first-order valence-electron chi connectivity index (χ1n) is 23.9. The Balaban J connectivity index is 1.12. The van der Waals surface area contributed by atoms with E-state index in [9.17, 15) is 61.3 Å². The van der Waals surface area contributed by atoms with E-state index in [4.69, 9.17) is 28.4 Å². The molecule has 4 aliphatic carbocycles. The highest BCUT2D eigenvalue weighted by molar-refractivity contribution is 5.21. The molecule has 65 heavy (non-hydrogen) atoms. The Labute approximate surface area is 382 Å². The van der Waals surface area contributed by atoms with Crippen molar-refractivity contribution < 1.29 is 89.7 Å². The average Bonchev–Trinajstić information content (AvgIpc) is 3.62. The second-order valence-corrected chi connectivity index (χ2v) is 22.7. The zero-order valence-corrected chi connectivity index (χ0v) is 39.3. The van der Waals surface area contributed by atoms with Gasteiger partial charge in [0.25, 0.3) is 0 Å². The molecule has 0 spiro atoms. The van der Waals surface area contributed by atoms with Gasteiger partial charge >= 0.3 is 0 Å². The SMILES string of the molecule is CC(C)=CCC[C@](C)(O[C@H]1O[C@H](CO[C@@H]2OC[C@H](O)[C@@H](O)[C@@H]2O)[C@H](O)[C@H](O)[C@H]1O)[C@@H]1CC[C@@]2(C)[C@@H]1[C@@H](O)C[C@H]1[C@@]3(C)C[C@@H](O)[C@@H](O[C@H]4O[C@H](CO)[C@@H](O)[C@@H](O)[C@@H]4O)C(C)(C)[C@H]3CC[C@@]12C. The summed E-state index contributed by atoms with van der Waals surface area (Å²) in [5.74, 6) is -0.525. The summed E-state index contributed by atoms with van der Waals surface area (Å²) >= 11 is 0. The zero-order valence-electron chi connectivity index (χ0n) is 39.3. The van der Waals surface area contributed by atoms with Crippen molar-refractivity contribution in [2.24, 2.45) is 45.3 Å². The predicted molar refractivity (Wildman–Crippen MR) is 229 cm³/mol. The molecule has 4 saturated carbocycles. The number of aliphatic hydroxyl groups is 12. The molecule has 18 heteroatoms. The molecule has 0 unspecified atom stereocenters. The molecule has 3 heterocycles. The van der Waals surface area contributed by atoms with Gasteiger partial charge < -0.3 is 89.7 Å². The molecule has 0 aromatic rings. The molecular weight excluding hydrogens is 852 g/mol. The molecule has 7 fully saturated rings. The van der Waals surface area contributed by atoms with Crippen molar-refractivity contribution >= 4 is 0 Å². The third-order valence-corrected chi connectivity index (χ3v) is 18.3. The fourth-order valence-corrected chi connectivity index (χ4v) is 14.7. The highest BCUT2D eigenvalue weighted by atomic mass is 16.7. The van der Waals surface area contributed by atoms with Gasteiger partial charge in [-0.15, -0.1) is 0 Å². The van der Waals surface area contributed by atoms with Gasteiger partial charge in [0.15, 0.2) is 18.9 Å². The van der Waals surface area contributed by atoms with Crippen LogP contribution in [0.5, 0.6) is 0 Å². The number of aliphatic hydroxyl groups excluding tert-OH is 12. The number of hydrogen-bond acceptors (Lipinski definition) is 18. The number of rotatable bonds is 12. The van der Waals surface area contributed by atoms with Gasteiger partial charge in [-0.1, -0.05) is 46.3 Å². The first-order valence-corrected chi connectivity index (χ1v) is 23.9. The summed E-state index contributed by atoms with van der Waals surface area (Å²) < 4.78 is 36.2. The minimum Gasteiger partial charge on any atom is -0.394 e. The van der Waals surface area contributed by atoms with Crippen molar-refractivity contribution in [3.8, 4) is 0 Å². The lowest BCUT2D eigenvalue weighted by molar-refractivity contribution is -0.348. The molecule has 0 bridgehead atoms. The van der Waals surface area contributed by atoms with Gasteiger partial charge in [-0.25, -0.2) is 0 Å². The van der Waals surface area contributed by atoms with Gasteiger partial charge in [0.05, 0.1) is 43.7 Å². The topological polar surface area (TPSA) is 298 Å². The second-order valence-electron chi connectivity index (χ2n) is 22.7. The maximum Gasteiger partial charge on any atom is 0.187 e. The number of fused-ring (bicyclic) bond motifs is 5. The normalized spacial score (nSPS) is 53.0. The van der Waals surface area contributed by atoms with Crippen LogP contribution in [0.25, 0.3) is 0 Å². The van der Waals surface area contributed by atoms with Crippen molar-refractivity contribution in [1.82, 2.24) is 0 Å². The van der Waals surface area contributed by atoms with Crippen LogP contribution in [0.4, 0.5) is 0 Å². The van der Waals surface area contributed by atoms with E-state index in [2.05, 4.69) is 26.8 Å². The first kappa shape index (κ1) is 51.9. The van der Waals surface area contributed by atoms with Crippen LogP contribution < -0.4 is 0 Å². The lowest BCUT2D eigenvalue weighted by Gasteiger charge is -2.71. The van der Waals surface area contributed by atoms with Gasteiger partial charge in [-0.2, -0.15) is 0 Å². The Hall–Kier alpha value is -0.980. The van der Waals surface area contributed by atoms with E-state index in [-0.39, 0.29) is 35.7 Å². The number of ether oxygens (including phenoxy) is 6. The molecule has 25 atom stereocenters. The van der Waals surface area contributed by atoms with Crippen LogP contribution in [-0.2, 0) is 28.4 Å². The number of allylic oxidation sites excluding steroid dienone is 2. The Kier molecular flexibility index (Phi) is 15.1. The molecule has 3 aliphatic heterocycles. The van der Waals surface area contributed by atoms with Crippen molar-refractivity contribution in [3.63, 3.8) is 0 Å². The zero-order chi connectivity index (χ0) is 47.9. The summed E-state index contributed by atoms with van der Waals surface area (Å²) in [7, 11) is 0. The summed E-state index contributed by atoms with van der Waals surface area (Å²) in [6.07, 6.45) is -16.4. The molecule has 7 aliphatic rings. The van der Waals surface area contributed by atoms with Crippen LogP contribution in [0.3, 0.4) is 0 Å². The van der Waals surface area contributed by atoms with E-state index >= 15 is 0 Å². The van der Waals surface area contributed by atoms with Gasteiger partial charge in [0, 0.05) is 0 Å². The Bertz CT molecular complexity index is 1660. The lowest BCUT2D eigenvalue weighted by atomic mass is 9.35. The second kappa shape index (κ2) is 19.0. The van der Waals surface area contributed by atoms with Crippen LogP contribution in [0.1, 0.15) is 107 Å². The Morgan fingerprint density at radius 3 is 1.92 bits per heavy atom. The number of hydrogen-bond donors (Lipinski definition) is 12. The van der Waals surface area contributed by atoms with Crippen LogP contribution in [-0.4, -0.2) is 191 Å². The van der Waals surface area contributed by atoms with Crippen LogP contribution >= 0.6 is 0 Å². The molecule has 0 aromatic heterocycles. The van der Waals surface area contributed by atoms with Gasteiger partial charge in [-0.3, -0.25) is 0 Å². The van der Waals surface area contributed by atoms with Crippen LogP contribution in [0, 0.1) is 45.3 Å². The average molecular weight is 933 g/mol. The first-order chi connectivity index (χ1) is 30.3. The van der Waals surface area contributed by atoms with Crippen molar-refractivity contribution in [1.29, 1.82) is 0 Å². The van der Waals surface area contributed by atoms with E-state index < -0.39 is 139 Å². The summed E-state index contributed by atoms with van der Waals surface area (Å²) in [4.78, 5) is 0. The Morgan fingerprint density at radius 1 is 0.677 bits per heavy atom. The van der Waals surface area contributed by atoms with Crippen molar-refractivity contribution in [3.05, 3.63) is 11.6 Å². The van der Waals surface area contributed by atoms with E-state index in [1.807, 2.05) is 34.6 Å². The predicted octanol–water partition coefficient (Wildman–Crippen LogP) is -0.417. The minimum atomic E-state index is -1.70. The van der Waals surface area contributed by atoms with Crippen LogP contribution in [0.2, 0.25) is 0 Å². The fourth-order valence-electron chi connectivity index (χ4n) is 14.7. The van der Waals surface area contributed by atoms with Gasteiger partial charge in [-0.05, 0) is 117 Å². The molecule has 376 valence electrons. The minimum absolute atomic E-state index is 0.00169. The molecular formula is C47H80O18. The van der Waals surface area contributed by atoms with E-state index in [0.29, 0.717) is 32.1 Å². The maximum absolute atomic E-state index is 12.7. The summed E-state index contributed by atoms with van der Waals surface area (Å²) in [5.41, 5.74) is -1.79. The summed E-state index contributed by atoms with van der Waals surface area (Å²) in [5, 5.41) is 130. The maximum atomic E-state index is 12.7. The third kappa shape index (κ3) is 8.83. The van der Waals surface area contributed by atoms with E-state index in [1.165, 1.54) is 0 Å². The van der Waals surface area contributed by atoms with Gasteiger partial charge in [0.1, 0.15) is 67.1 Å². The summed E-state index contributed by atoms with van der Waals surface area (Å²) in [6, 6.07) is 0. The third-order valence-electron chi connectivity index (χ3n) is 18.3. The van der Waals surface area contributed by atoms with E-state index in [0.717, 1.165) is 24.8 Å². The van der Waals surface area contributed by atoms with Crippen molar-refractivity contribution in [2.45, 2.75) is 217 Å². The highest BCUT2D eigenvalue weighted by Crippen LogP contribution is 2.76. The summed E-state index contributed by atoms with van der Waals surface area (Å²) in [6.45, 7) is 15.6. The molecule has 0 radical (unpaired) electrons. The largest absolute Gasteiger partial charge is 0.394 e. The molecule has 3 saturated heterocycles. The van der Waals surface area contributed by atoms with Crippen LogP contribution in [0.15, 0.2) is 11.6 Å². The standard InChI is InChI=1S/C47H80O18/c1-21(2)10-9-13-47(8,65-42-38(59)35(56)33(54)27(63-42)20-61-40-36(57)31(52)25(51)19-60-40)22-11-14-46(7)30(22)23(49)16-29-44(5)17-24(50)39(43(3,4)28(44)12-15-45(29,46)6)64-41-37(58)34(55)32(53)26(18-48)62-41/h10,22-42,48-59H,9,11-20H2,1-8H3/t22-,23+,24-,25+,26-,27-,28-,29+,30+,31-,32-,33+,34-,35+,36+,37+,38-,39-,40+,41-,42-,44+,45+,46+,47+/m1/s1. The molecule has 7 rings (SSSR count). The van der Waals surface area contributed by atoms with Gasteiger partial charge in [0.2, 0.25) is 0 Å². The monoisotopic (exact) mass is 933 g/mol. The highest BCUT2D eigenvalue weighted by Gasteiger charge is 2.73. The quantitative estimate of drug-likeness (QED) is 0.0874.